The topological polar surface area (TPSA) is 157 Å². The number of nitrogens with zero attached hydrogens (tertiary/aromatic N) is 10. The summed E-state index contributed by atoms with van der Waals surface area (Å²) in [5, 5.41) is 15.5. The van der Waals surface area contributed by atoms with E-state index in [1.54, 1.807) is 25.8 Å². The van der Waals surface area contributed by atoms with Gasteiger partial charge in [0, 0.05) is 44.7 Å². The average molecular weight is 1090 g/mol. The number of nitriles is 1. The van der Waals surface area contributed by atoms with E-state index in [4.69, 9.17) is 53.0 Å². The lowest BCUT2D eigenvalue weighted by atomic mass is 9.80. The molecule has 0 amide bonds. The van der Waals surface area contributed by atoms with Crippen molar-refractivity contribution in [1.82, 2.24) is 34.2 Å². The molecule has 1 aliphatic rings. The highest BCUT2D eigenvalue weighted by atomic mass is 31.2. The Bertz CT molecular complexity index is 2730. The predicted octanol–water partition coefficient (Wildman–Crippen LogP) is 12.7. The summed E-state index contributed by atoms with van der Waals surface area (Å²) in [6.07, 6.45) is 2.22. The Balaban J connectivity index is 1.56. The molecule has 2 aromatic heterocycles. The fraction of sp³-hybridized carbons (Fsp3) is 0.541. The van der Waals surface area contributed by atoms with Gasteiger partial charge in [-0.1, -0.05) is 116 Å². The third kappa shape index (κ3) is 16.1. The second-order valence-corrected chi connectivity index (χ2v) is 23.5. The number of hydrogen-bond donors (Lipinski definition) is 0. The van der Waals surface area contributed by atoms with Gasteiger partial charge in [-0.05, 0) is 105 Å². The van der Waals surface area contributed by atoms with Crippen molar-refractivity contribution >= 4 is 44.0 Å². The number of hydrogen-bond acceptors (Lipinski definition) is 13. The zero-order valence-corrected chi connectivity index (χ0v) is 49.8. The third-order valence-corrected chi connectivity index (χ3v) is 15.0. The highest BCUT2D eigenvalue weighted by Crippen LogP contribution is 2.51. The van der Waals surface area contributed by atoms with E-state index in [1.807, 2.05) is 79.4 Å². The third-order valence-electron chi connectivity index (χ3n) is 12.8. The summed E-state index contributed by atoms with van der Waals surface area (Å²) in [4.78, 5) is 24.8. The van der Waals surface area contributed by atoms with Gasteiger partial charge in [0.2, 0.25) is 0 Å². The van der Waals surface area contributed by atoms with Gasteiger partial charge < -0.3 is 37.8 Å². The number of aromatic nitrogens is 4. The Kier molecular flexibility index (Phi) is 23.0. The van der Waals surface area contributed by atoms with Crippen LogP contribution in [0, 0.1) is 46.8 Å². The number of methoxy groups -OCH3 is 2. The van der Waals surface area contributed by atoms with Crippen molar-refractivity contribution in [1.29, 1.82) is 5.26 Å². The molecule has 1 fully saturated rings. The van der Waals surface area contributed by atoms with Crippen LogP contribution in [0.25, 0.3) is 11.0 Å². The lowest BCUT2D eigenvalue weighted by Crippen LogP contribution is -2.39. The maximum Gasteiger partial charge on any atom is 0.259 e. The normalized spacial score (nSPS) is 16.4. The molecule has 3 heterocycles. The van der Waals surface area contributed by atoms with Crippen LogP contribution in [-0.2, 0) is 24.1 Å². The van der Waals surface area contributed by atoms with Crippen molar-refractivity contribution in [3.05, 3.63) is 101 Å². The quantitative estimate of drug-likeness (QED) is 0.0111. The van der Waals surface area contributed by atoms with Gasteiger partial charge in [-0.2, -0.15) is 20.3 Å². The lowest BCUT2D eigenvalue weighted by Gasteiger charge is -2.39. The number of rotatable bonds is 29. The van der Waals surface area contributed by atoms with Crippen molar-refractivity contribution in [3.8, 4) is 29.4 Å². The summed E-state index contributed by atoms with van der Waals surface area (Å²) < 4.78 is 44.0. The molecule has 1 aliphatic heterocycles. The summed E-state index contributed by atoms with van der Waals surface area (Å²) in [5.41, 5.74) is 2.43. The molecule has 5 aromatic rings. The molecule has 0 radical (unpaired) electrons. The van der Waals surface area contributed by atoms with Crippen LogP contribution in [0.5, 0.6) is 11.5 Å². The Labute approximate surface area is 466 Å². The smallest absolute Gasteiger partial charge is 0.259 e. The van der Waals surface area contributed by atoms with Crippen molar-refractivity contribution in [2.24, 2.45) is 33.7 Å². The van der Waals surface area contributed by atoms with Gasteiger partial charge in [0.05, 0.1) is 58.7 Å². The Morgan fingerprint density at radius 1 is 0.744 bits per heavy atom. The minimum Gasteiger partial charge on any atom is -0.497 e. The second-order valence-electron chi connectivity index (χ2n) is 22.1. The van der Waals surface area contributed by atoms with E-state index >= 15 is 0 Å². The first-order chi connectivity index (χ1) is 37.4. The number of benzene rings is 3. The van der Waals surface area contributed by atoms with E-state index in [1.165, 1.54) is 0 Å². The fourth-order valence-corrected chi connectivity index (χ4v) is 11.6. The summed E-state index contributed by atoms with van der Waals surface area (Å²) >= 11 is 0. The standard InChI is InChI=1S/C61H85N10O6P/c1-16-21-53-57-58(63-40-68(35-42(2)3)36-43(4)5)65-60(64-41-69(37-44(6)7)38-45(8)9)66-59(57)70(67-53)56-34-54(77-78(75-33-20-32-62)71(46(10)11)47(12)13)55(76-56)39-74-61(48-22-18-17-19-23-48,49-24-28-51(72-14)29-25-49)50-26-30-52(73-15)31-27-50/h17-19,22-31,40-47,54-56H,20,33-39H2,1-15H3. The van der Waals surface area contributed by atoms with Crippen molar-refractivity contribution in [3.63, 3.8) is 0 Å². The SMILES string of the molecule is CC#Cc1nn(C2CC(OP(OCCC#N)N(C(C)C)C(C)C)C(COC(c3ccccc3)(c3ccc(OC)cc3)c3ccc(OC)cc3)O2)c2nc(N=CN(CC(C)C)CC(C)C)nc(N=CN(CC(C)C)CC(C)C)c12. The first kappa shape index (κ1) is 61.2. The molecule has 1 saturated heterocycles. The first-order valence-corrected chi connectivity index (χ1v) is 28.7. The molecule has 6 rings (SSSR count). The lowest BCUT2D eigenvalue weighted by molar-refractivity contribution is -0.0931. The number of aliphatic imine (C=N–C) groups is 2. The number of ether oxygens (including phenoxy) is 4. The van der Waals surface area contributed by atoms with Gasteiger partial charge >= 0.3 is 0 Å². The largest absolute Gasteiger partial charge is 0.497 e. The minimum absolute atomic E-state index is 0.0516. The van der Waals surface area contributed by atoms with E-state index in [9.17, 15) is 5.26 Å². The maximum absolute atomic E-state index is 9.66. The van der Waals surface area contributed by atoms with Crippen LogP contribution in [0.4, 0.5) is 11.8 Å². The van der Waals surface area contributed by atoms with Gasteiger partial charge in [0.1, 0.15) is 34.3 Å². The molecule has 4 atom stereocenters. The van der Waals surface area contributed by atoms with Crippen LogP contribution in [-0.4, -0.2) is 125 Å². The molecule has 3 aromatic carbocycles. The van der Waals surface area contributed by atoms with Crippen LogP contribution < -0.4 is 9.47 Å². The molecule has 16 nitrogen and oxygen atoms in total. The zero-order chi connectivity index (χ0) is 56.5. The summed E-state index contributed by atoms with van der Waals surface area (Å²) in [6.45, 7) is 31.5. The van der Waals surface area contributed by atoms with E-state index in [0.717, 1.165) is 42.9 Å². The van der Waals surface area contributed by atoms with Crippen molar-refractivity contribution < 1.29 is 28.0 Å². The molecule has 0 N–H and O–H groups in total. The van der Waals surface area contributed by atoms with E-state index in [0.29, 0.717) is 64.1 Å². The minimum atomic E-state index is -1.72. The molecule has 0 aliphatic carbocycles. The fourth-order valence-electron chi connectivity index (χ4n) is 9.85. The molecule has 0 spiro atoms. The van der Waals surface area contributed by atoms with E-state index in [-0.39, 0.29) is 37.7 Å². The van der Waals surface area contributed by atoms with Gasteiger partial charge in [-0.15, -0.1) is 0 Å². The van der Waals surface area contributed by atoms with Gasteiger partial charge in [-0.25, -0.2) is 19.3 Å². The van der Waals surface area contributed by atoms with Crippen molar-refractivity contribution in [2.75, 3.05) is 53.6 Å². The average Bonchev–Trinajstić information content (AvgIpc) is 4.18. The Hall–Kier alpha value is -5.97. The molecule has 17 heteroatoms. The maximum atomic E-state index is 9.66. The monoisotopic (exact) mass is 1080 g/mol. The molecule has 0 saturated carbocycles. The second kappa shape index (κ2) is 29.3. The number of fused-ring (bicyclic) bond motifs is 1. The van der Waals surface area contributed by atoms with Crippen molar-refractivity contribution in [2.45, 2.75) is 139 Å². The highest BCUT2D eigenvalue weighted by Gasteiger charge is 2.46. The molecular formula is C61H85N10O6P. The molecule has 0 bridgehead atoms. The Morgan fingerprint density at radius 2 is 1.27 bits per heavy atom. The van der Waals surface area contributed by atoms with E-state index < -0.39 is 32.6 Å². The van der Waals surface area contributed by atoms with E-state index in [2.05, 4.69) is 128 Å². The highest BCUT2D eigenvalue weighted by molar-refractivity contribution is 7.44. The van der Waals surface area contributed by atoms with Crippen LogP contribution >= 0.6 is 8.53 Å². The van der Waals surface area contributed by atoms with Gasteiger partial charge in [0.15, 0.2) is 17.7 Å². The van der Waals surface area contributed by atoms with Gasteiger partial charge in [-0.3, -0.25) is 0 Å². The van der Waals surface area contributed by atoms with Crippen LogP contribution in [0.15, 0.2) is 88.8 Å². The summed E-state index contributed by atoms with van der Waals surface area (Å²) in [5.74, 6) is 10.1. The van der Waals surface area contributed by atoms with Crippen LogP contribution in [0.3, 0.4) is 0 Å². The van der Waals surface area contributed by atoms with Crippen LogP contribution in [0.2, 0.25) is 0 Å². The molecular weight excluding hydrogens is 1000 g/mol. The zero-order valence-electron chi connectivity index (χ0n) is 48.9. The molecule has 420 valence electrons. The molecule has 4 unspecified atom stereocenters. The molecule has 78 heavy (non-hydrogen) atoms. The first-order valence-electron chi connectivity index (χ1n) is 27.6. The summed E-state index contributed by atoms with van der Waals surface area (Å²) in [7, 11) is 1.59. The Morgan fingerprint density at radius 3 is 1.76 bits per heavy atom. The summed E-state index contributed by atoms with van der Waals surface area (Å²) in [6, 6.07) is 28.5. The van der Waals surface area contributed by atoms with Crippen LogP contribution in [0.1, 0.15) is 131 Å². The van der Waals surface area contributed by atoms with Gasteiger partial charge in [0.25, 0.3) is 14.5 Å². The predicted molar refractivity (Wildman–Crippen MR) is 314 cm³/mol.